The minimum Gasteiger partial charge on any atom is -0.368 e. The molecule has 0 amide bonds. The maximum absolute atomic E-state index is 5.84. The van der Waals surface area contributed by atoms with Crippen molar-refractivity contribution < 1.29 is 0 Å². The van der Waals surface area contributed by atoms with Crippen LogP contribution < -0.4 is 11.1 Å². The highest BCUT2D eigenvalue weighted by Gasteiger charge is 2.17. The maximum atomic E-state index is 5.84. The number of anilines is 3. The number of fused-ring (bicyclic) bond motifs is 1. The van der Waals surface area contributed by atoms with Crippen molar-refractivity contribution in [2.45, 2.75) is 34.2 Å². The van der Waals surface area contributed by atoms with Crippen LogP contribution in [0.4, 0.5) is 17.5 Å². The first kappa shape index (κ1) is 14.3. The summed E-state index contributed by atoms with van der Waals surface area (Å²) in [7, 11) is 1.91. The number of nitrogens with two attached hydrogens (primary N) is 1. The number of nitrogens with zero attached hydrogens (tertiary/aromatic N) is 6. The summed E-state index contributed by atoms with van der Waals surface area (Å²) in [5.74, 6) is 1.68. The first-order valence-electron chi connectivity index (χ1n) is 7.20. The molecule has 0 aliphatic carbocycles. The highest BCUT2D eigenvalue weighted by molar-refractivity contribution is 5.87. The van der Waals surface area contributed by atoms with Crippen LogP contribution in [0, 0.1) is 20.8 Å². The summed E-state index contributed by atoms with van der Waals surface area (Å²) in [6.07, 6.45) is 0. The second-order valence-electron chi connectivity index (χ2n) is 5.31. The van der Waals surface area contributed by atoms with Gasteiger partial charge in [0.05, 0.1) is 17.1 Å². The van der Waals surface area contributed by atoms with Gasteiger partial charge < -0.3 is 15.6 Å². The Morgan fingerprint density at radius 1 is 1.14 bits per heavy atom. The van der Waals surface area contributed by atoms with Crippen LogP contribution in [0.5, 0.6) is 0 Å². The molecule has 0 bridgehead atoms. The molecule has 0 radical (unpaired) electrons. The largest absolute Gasteiger partial charge is 0.368 e. The van der Waals surface area contributed by atoms with Gasteiger partial charge in [-0.15, -0.1) is 0 Å². The van der Waals surface area contributed by atoms with E-state index < -0.39 is 0 Å². The molecule has 0 aliphatic rings. The first-order valence-corrected chi connectivity index (χ1v) is 7.20. The quantitative estimate of drug-likeness (QED) is 0.765. The zero-order valence-corrected chi connectivity index (χ0v) is 13.5. The van der Waals surface area contributed by atoms with Crippen molar-refractivity contribution in [1.29, 1.82) is 0 Å². The molecule has 3 aromatic heterocycles. The summed E-state index contributed by atoms with van der Waals surface area (Å²) in [5.41, 5.74) is 10.2. The molecule has 0 atom stereocenters. The molecule has 3 aromatic rings. The fourth-order valence-corrected chi connectivity index (χ4v) is 2.58. The molecular formula is C14H20N8. The molecule has 8 nitrogen and oxygen atoms in total. The highest BCUT2D eigenvalue weighted by atomic mass is 15.3. The lowest BCUT2D eigenvalue weighted by Gasteiger charge is -2.08. The summed E-state index contributed by atoms with van der Waals surface area (Å²) < 4.78 is 3.84. The highest BCUT2D eigenvalue weighted by Crippen LogP contribution is 2.28. The van der Waals surface area contributed by atoms with Gasteiger partial charge in [0, 0.05) is 13.6 Å². The van der Waals surface area contributed by atoms with Crippen molar-refractivity contribution in [2.75, 3.05) is 11.1 Å². The lowest BCUT2D eigenvalue weighted by molar-refractivity contribution is 0.634. The van der Waals surface area contributed by atoms with Gasteiger partial charge in [-0.25, -0.2) is 4.98 Å². The number of hydrogen-bond donors (Lipinski definition) is 2. The van der Waals surface area contributed by atoms with Crippen LogP contribution in [0.15, 0.2) is 0 Å². The Morgan fingerprint density at radius 2 is 1.86 bits per heavy atom. The second kappa shape index (κ2) is 4.97. The Hall–Kier alpha value is -2.64. The van der Waals surface area contributed by atoms with Crippen LogP contribution in [-0.4, -0.2) is 29.3 Å². The number of aryl methyl sites for hydroxylation is 4. The normalized spacial score (nSPS) is 11.3. The smallest absolute Gasteiger partial charge is 0.224 e. The van der Waals surface area contributed by atoms with Gasteiger partial charge in [0.25, 0.3) is 0 Å². The average Bonchev–Trinajstić information content (AvgIpc) is 2.91. The second-order valence-corrected chi connectivity index (χ2v) is 5.31. The molecule has 3 heterocycles. The Balaban J connectivity index is 2.15. The minimum atomic E-state index is 0.219. The molecule has 22 heavy (non-hydrogen) atoms. The van der Waals surface area contributed by atoms with E-state index in [1.165, 1.54) is 0 Å². The topological polar surface area (TPSA) is 99.5 Å². The standard InChI is InChI=1S/C14H20N8/c1-6-22-8(3)10(7(2)20-22)17-12-11-13(19-14(15)18-12)21(5)9(4)16-11/h6H2,1-5H3,(H3,15,17,18,19). The summed E-state index contributed by atoms with van der Waals surface area (Å²) in [5, 5.41) is 7.83. The summed E-state index contributed by atoms with van der Waals surface area (Å²) in [6.45, 7) is 8.79. The lowest BCUT2D eigenvalue weighted by atomic mass is 10.3. The van der Waals surface area contributed by atoms with Crippen LogP contribution in [0.25, 0.3) is 11.2 Å². The molecule has 8 heteroatoms. The SMILES string of the molecule is CCn1nc(C)c(Nc2nc(N)nc3c2nc(C)n3C)c1C. The van der Waals surface area contributed by atoms with Gasteiger partial charge in [-0.1, -0.05) is 0 Å². The van der Waals surface area contributed by atoms with Crippen LogP contribution in [0.2, 0.25) is 0 Å². The third-order valence-electron chi connectivity index (χ3n) is 3.88. The van der Waals surface area contributed by atoms with Crippen molar-refractivity contribution in [1.82, 2.24) is 29.3 Å². The summed E-state index contributed by atoms with van der Waals surface area (Å²) in [6, 6.07) is 0. The van der Waals surface area contributed by atoms with Crippen LogP contribution in [-0.2, 0) is 13.6 Å². The molecule has 0 aromatic carbocycles. The van der Waals surface area contributed by atoms with Gasteiger partial charge in [0.15, 0.2) is 17.0 Å². The fraction of sp³-hybridized carbons (Fsp3) is 0.429. The first-order chi connectivity index (χ1) is 10.4. The number of hydrogen-bond acceptors (Lipinski definition) is 6. The van der Waals surface area contributed by atoms with Gasteiger partial charge in [-0.2, -0.15) is 15.1 Å². The molecule has 0 fully saturated rings. The van der Waals surface area contributed by atoms with Gasteiger partial charge in [0.1, 0.15) is 5.82 Å². The third kappa shape index (κ3) is 2.07. The Morgan fingerprint density at radius 3 is 2.50 bits per heavy atom. The van der Waals surface area contributed by atoms with Gasteiger partial charge in [-0.05, 0) is 27.7 Å². The van der Waals surface area contributed by atoms with E-state index in [1.807, 2.05) is 37.1 Å². The molecule has 0 unspecified atom stereocenters. The van der Waals surface area contributed by atoms with Crippen molar-refractivity contribution in [3.05, 3.63) is 17.2 Å². The summed E-state index contributed by atoms with van der Waals surface area (Å²) in [4.78, 5) is 13.1. The fourth-order valence-electron chi connectivity index (χ4n) is 2.58. The molecule has 3 rings (SSSR count). The zero-order valence-electron chi connectivity index (χ0n) is 13.5. The van der Waals surface area contributed by atoms with Gasteiger partial charge >= 0.3 is 0 Å². The number of rotatable bonds is 3. The Bertz CT molecular complexity index is 858. The van der Waals surface area contributed by atoms with E-state index in [1.54, 1.807) is 0 Å². The molecule has 116 valence electrons. The maximum Gasteiger partial charge on any atom is 0.224 e. The van der Waals surface area contributed by atoms with E-state index in [-0.39, 0.29) is 5.95 Å². The predicted molar refractivity (Wildman–Crippen MR) is 86.1 cm³/mol. The van der Waals surface area contributed by atoms with E-state index in [9.17, 15) is 0 Å². The molecular weight excluding hydrogens is 280 g/mol. The van der Waals surface area contributed by atoms with E-state index in [2.05, 4.69) is 32.3 Å². The Kier molecular flexibility index (Phi) is 3.23. The van der Waals surface area contributed by atoms with Crippen molar-refractivity contribution in [3.8, 4) is 0 Å². The van der Waals surface area contributed by atoms with E-state index in [4.69, 9.17) is 5.73 Å². The van der Waals surface area contributed by atoms with Gasteiger partial charge in [-0.3, -0.25) is 4.68 Å². The van der Waals surface area contributed by atoms with E-state index in [0.29, 0.717) is 17.0 Å². The molecule has 3 N–H and O–H groups in total. The van der Waals surface area contributed by atoms with Crippen LogP contribution in [0.3, 0.4) is 0 Å². The van der Waals surface area contributed by atoms with Crippen molar-refractivity contribution >= 4 is 28.6 Å². The average molecular weight is 300 g/mol. The van der Waals surface area contributed by atoms with Crippen molar-refractivity contribution in [2.24, 2.45) is 7.05 Å². The summed E-state index contributed by atoms with van der Waals surface area (Å²) >= 11 is 0. The predicted octanol–water partition coefficient (Wildman–Crippen LogP) is 1.83. The number of nitrogen functional groups attached to an aromatic ring is 1. The molecule has 0 aliphatic heterocycles. The molecule has 0 saturated carbocycles. The number of nitrogens with one attached hydrogen (secondary N) is 1. The zero-order chi connectivity index (χ0) is 16.0. The third-order valence-corrected chi connectivity index (χ3v) is 3.88. The molecule has 0 saturated heterocycles. The lowest BCUT2D eigenvalue weighted by Crippen LogP contribution is -2.04. The van der Waals surface area contributed by atoms with Crippen LogP contribution in [0.1, 0.15) is 24.1 Å². The van der Waals surface area contributed by atoms with Crippen LogP contribution >= 0.6 is 0 Å². The minimum absolute atomic E-state index is 0.219. The van der Waals surface area contributed by atoms with E-state index >= 15 is 0 Å². The number of imidazole rings is 1. The monoisotopic (exact) mass is 300 g/mol. The van der Waals surface area contributed by atoms with E-state index in [0.717, 1.165) is 29.4 Å². The number of aromatic nitrogens is 6. The van der Waals surface area contributed by atoms with Gasteiger partial charge in [0.2, 0.25) is 5.95 Å². The van der Waals surface area contributed by atoms with Crippen molar-refractivity contribution in [3.63, 3.8) is 0 Å². The molecule has 0 spiro atoms. The Labute approximate surface area is 128 Å².